The molecule has 4 saturated carbocycles. The van der Waals surface area contributed by atoms with Crippen molar-refractivity contribution in [3.8, 4) is 0 Å². The highest BCUT2D eigenvalue weighted by Gasteiger charge is 2.72. The number of fused-ring (bicyclic) bond motifs is 7. The molecule has 5 aliphatic carbocycles. The average Bonchev–Trinajstić information content (AvgIpc) is 3.28. The lowest BCUT2D eigenvalue weighted by molar-refractivity contribution is -0.395. The molecule has 0 aromatic carbocycles. The number of allylic oxidation sites excluding steroid dienone is 2. The van der Waals surface area contributed by atoms with E-state index in [9.17, 15) is 75.7 Å². The van der Waals surface area contributed by atoms with E-state index in [0.717, 1.165) is 11.9 Å². The fraction of sp³-hybridized carbons (Fsp3) is 0.896. The highest BCUT2D eigenvalue weighted by Crippen LogP contribution is 2.76. The SMILES string of the molecule is CC1(C)CC[C@]2(C(=O)O)[C@H](O)C[C@]3(C)C(=CC[C@@H]4[C@@]5(C)CC[C@H](O[C@@H]6O[C@H](C(=O)O)[C@@H](O)[C@H](O[C@@H]7O[C@H](CO)[C@H](O)[C@H](O)[C@H]7O)[C@H]6O[C@@H]6O[C@H](CO)[C@H](O)[C@H](O)[C@H]6O)[C@@](C)(C=O)[C@@H]5CC[C@]43C)[C@@H]2C1. The third kappa shape index (κ3) is 8.08. The molecule has 0 unspecified atom stereocenters. The zero-order valence-corrected chi connectivity index (χ0v) is 40.0. The zero-order valence-electron chi connectivity index (χ0n) is 40.0. The van der Waals surface area contributed by atoms with Crippen LogP contribution < -0.4 is 0 Å². The number of rotatable bonds is 11. The minimum Gasteiger partial charge on any atom is -0.481 e. The summed E-state index contributed by atoms with van der Waals surface area (Å²) < 4.78 is 36.0. The number of carbonyl (C=O) groups excluding carboxylic acids is 1. The molecular weight excluding hydrogens is 913 g/mol. The largest absolute Gasteiger partial charge is 0.481 e. The van der Waals surface area contributed by atoms with Crippen LogP contribution in [0.4, 0.5) is 0 Å². The van der Waals surface area contributed by atoms with Crippen LogP contribution >= 0.6 is 0 Å². The summed E-state index contributed by atoms with van der Waals surface area (Å²) >= 11 is 0. The van der Waals surface area contributed by atoms with Crippen LogP contribution in [0.1, 0.15) is 99.3 Å². The Morgan fingerprint density at radius 2 is 1.25 bits per heavy atom. The van der Waals surface area contributed by atoms with Crippen molar-refractivity contribution in [1.82, 2.24) is 0 Å². The Balaban J connectivity index is 1.13. The van der Waals surface area contributed by atoms with Crippen molar-refractivity contribution in [2.45, 2.75) is 204 Å². The number of ether oxygens (including phenoxy) is 6. The van der Waals surface area contributed by atoms with Gasteiger partial charge in [-0.15, -0.1) is 0 Å². The van der Waals surface area contributed by atoms with Gasteiger partial charge in [0.25, 0.3) is 0 Å². The summed E-state index contributed by atoms with van der Waals surface area (Å²) in [5.74, 6) is -3.46. The molecule has 21 nitrogen and oxygen atoms in total. The lowest BCUT2D eigenvalue weighted by atomic mass is 9.33. The van der Waals surface area contributed by atoms with Crippen LogP contribution in [0, 0.1) is 50.2 Å². The van der Waals surface area contributed by atoms with Gasteiger partial charge in [0, 0.05) is 0 Å². The maximum atomic E-state index is 13.9. The summed E-state index contributed by atoms with van der Waals surface area (Å²) in [5, 5.41) is 129. The minimum atomic E-state index is -2.21. The number of hydrogen-bond donors (Lipinski definition) is 12. The quantitative estimate of drug-likeness (QED) is 0.0667. The van der Waals surface area contributed by atoms with E-state index in [0.29, 0.717) is 44.9 Å². The summed E-state index contributed by atoms with van der Waals surface area (Å²) in [6.45, 7) is 10.9. The number of hydrogen-bond acceptors (Lipinski definition) is 19. The second-order valence-electron chi connectivity index (χ2n) is 23.3. The third-order valence-corrected chi connectivity index (χ3v) is 19.3. The van der Waals surface area contributed by atoms with E-state index in [1.54, 1.807) is 6.92 Å². The monoisotopic (exact) mass is 986 g/mol. The van der Waals surface area contributed by atoms with Crippen molar-refractivity contribution in [2.24, 2.45) is 50.2 Å². The van der Waals surface area contributed by atoms with E-state index in [4.69, 9.17) is 28.4 Å². The molecule has 69 heavy (non-hydrogen) atoms. The van der Waals surface area contributed by atoms with Crippen LogP contribution in [0.15, 0.2) is 11.6 Å². The van der Waals surface area contributed by atoms with Crippen LogP contribution in [0.5, 0.6) is 0 Å². The predicted octanol–water partition coefficient (Wildman–Crippen LogP) is -1.05. The van der Waals surface area contributed by atoms with E-state index >= 15 is 0 Å². The second kappa shape index (κ2) is 18.6. The molecule has 0 amide bonds. The van der Waals surface area contributed by atoms with Crippen LogP contribution in [-0.2, 0) is 42.8 Å². The lowest BCUT2D eigenvalue weighted by Gasteiger charge is -2.71. The number of aliphatic carboxylic acids is 2. The maximum absolute atomic E-state index is 13.9. The first-order valence-corrected chi connectivity index (χ1v) is 24.4. The molecule has 0 spiro atoms. The molecule has 0 aromatic heterocycles. The van der Waals surface area contributed by atoms with Crippen molar-refractivity contribution in [1.29, 1.82) is 0 Å². The molecule has 25 atom stereocenters. The third-order valence-electron chi connectivity index (χ3n) is 19.3. The van der Waals surface area contributed by atoms with E-state index in [2.05, 4.69) is 40.7 Å². The Morgan fingerprint density at radius 3 is 1.78 bits per heavy atom. The molecule has 7 fully saturated rings. The zero-order chi connectivity index (χ0) is 50.7. The summed E-state index contributed by atoms with van der Waals surface area (Å²) in [7, 11) is 0. The fourth-order valence-corrected chi connectivity index (χ4v) is 15.1. The normalized spacial score (nSPS) is 53.9. The summed E-state index contributed by atoms with van der Waals surface area (Å²) in [5.41, 5.74) is -3.23. The van der Waals surface area contributed by atoms with Gasteiger partial charge in [-0.05, 0) is 97.2 Å². The van der Waals surface area contributed by atoms with Gasteiger partial charge in [-0.2, -0.15) is 0 Å². The average molecular weight is 987 g/mol. The predicted molar refractivity (Wildman–Crippen MR) is 233 cm³/mol. The standard InChI is InChI=1S/C48H74O21/c1-43(2)13-14-48(42(62)63)21(15-43)20-7-8-25-44(3)11-10-27(45(4,19-51)24(44)9-12-46(25,5)47(20,6)16-26(48)52)66-41-37(69-40-33(58)31(56)29(54)23(18-50)65-40)35(34(59)36(68-41)38(60)61)67-39-32(57)30(55)28(53)22(17-49)64-39/h7,19,21-37,39-41,49-50,52-59H,8-18H2,1-6H3,(H,60,61)(H,62,63)/t21-,22+,23+,24+,25+,26+,27-,28-,29-,30-,31-,32+,33+,34-,35-,36-,37+,39-,40-,41+,44-,45-,46+,47+,48+/m0/s1. The number of aldehydes is 1. The van der Waals surface area contributed by atoms with Crippen molar-refractivity contribution >= 4 is 18.2 Å². The number of carboxylic acid groups (broad SMARTS) is 2. The topological polar surface area (TPSA) is 349 Å². The molecule has 21 heteroatoms. The van der Waals surface area contributed by atoms with Crippen molar-refractivity contribution in [2.75, 3.05) is 13.2 Å². The molecule has 0 radical (unpaired) electrons. The van der Waals surface area contributed by atoms with Crippen LogP contribution in [0.3, 0.4) is 0 Å². The first kappa shape index (κ1) is 53.0. The van der Waals surface area contributed by atoms with Crippen molar-refractivity contribution in [3.05, 3.63) is 11.6 Å². The molecular formula is C48H74O21. The van der Waals surface area contributed by atoms with Gasteiger partial charge in [-0.1, -0.05) is 53.2 Å². The lowest BCUT2D eigenvalue weighted by Crippen LogP contribution is -2.69. The number of aliphatic hydroxyl groups excluding tert-OH is 10. The number of carbonyl (C=O) groups is 3. The molecule has 12 N–H and O–H groups in total. The minimum absolute atomic E-state index is 0.0464. The van der Waals surface area contributed by atoms with Crippen molar-refractivity contribution < 1.29 is 104 Å². The van der Waals surface area contributed by atoms with Crippen molar-refractivity contribution in [3.63, 3.8) is 0 Å². The van der Waals surface area contributed by atoms with Gasteiger partial charge in [0.2, 0.25) is 0 Å². The molecule has 392 valence electrons. The first-order valence-electron chi connectivity index (χ1n) is 24.4. The van der Waals surface area contributed by atoms with Gasteiger partial charge >= 0.3 is 11.9 Å². The van der Waals surface area contributed by atoms with Gasteiger partial charge in [0.1, 0.15) is 78.8 Å². The smallest absolute Gasteiger partial charge is 0.335 e. The molecule has 8 rings (SSSR count). The van der Waals surface area contributed by atoms with Crippen LogP contribution in [0.25, 0.3) is 0 Å². The summed E-state index contributed by atoms with van der Waals surface area (Å²) in [6.07, 6.45) is -23.6. The van der Waals surface area contributed by atoms with E-state index in [-0.39, 0.29) is 36.0 Å². The Labute approximate surface area is 400 Å². The van der Waals surface area contributed by atoms with Crippen LogP contribution in [0.2, 0.25) is 0 Å². The maximum Gasteiger partial charge on any atom is 0.335 e. The van der Waals surface area contributed by atoms with Gasteiger partial charge in [0.15, 0.2) is 25.0 Å². The second-order valence-corrected chi connectivity index (χ2v) is 23.3. The molecule has 8 aliphatic rings. The van der Waals surface area contributed by atoms with Crippen LogP contribution in [-0.4, -0.2) is 197 Å². The number of carboxylic acids is 2. The Bertz CT molecular complexity index is 1960. The fourth-order valence-electron chi connectivity index (χ4n) is 15.1. The van der Waals surface area contributed by atoms with E-state index in [1.807, 2.05) is 0 Å². The van der Waals surface area contributed by atoms with Gasteiger partial charge in [-0.3, -0.25) is 4.79 Å². The van der Waals surface area contributed by atoms with Gasteiger partial charge in [-0.25, -0.2) is 4.79 Å². The molecule has 3 heterocycles. The molecule has 3 saturated heterocycles. The Morgan fingerprint density at radius 1 is 0.667 bits per heavy atom. The molecule has 0 bridgehead atoms. The number of aliphatic hydroxyl groups is 10. The van der Waals surface area contributed by atoms with E-state index < -0.39 is 157 Å². The van der Waals surface area contributed by atoms with Gasteiger partial charge < -0.3 is 94.5 Å². The van der Waals surface area contributed by atoms with Gasteiger partial charge in [0.05, 0.1) is 30.8 Å². The summed E-state index contributed by atoms with van der Waals surface area (Å²) in [4.78, 5) is 39.9. The highest BCUT2D eigenvalue weighted by molar-refractivity contribution is 5.78. The molecule has 3 aliphatic heterocycles. The van der Waals surface area contributed by atoms with E-state index in [1.165, 1.54) is 0 Å². The molecule has 0 aromatic rings. The first-order chi connectivity index (χ1) is 32.2. The summed E-state index contributed by atoms with van der Waals surface area (Å²) in [6, 6.07) is 0. The Kier molecular flexibility index (Phi) is 14.3. The Hall–Kier alpha value is -2.29. The highest BCUT2D eigenvalue weighted by atomic mass is 16.8.